The summed E-state index contributed by atoms with van der Waals surface area (Å²) in [6, 6.07) is 18.7. The van der Waals surface area contributed by atoms with Crippen LogP contribution in [0.1, 0.15) is 0 Å². The molecule has 0 aliphatic rings. The van der Waals surface area contributed by atoms with Crippen molar-refractivity contribution in [3.63, 3.8) is 0 Å². The molecule has 4 nitrogen and oxygen atoms in total. The monoisotopic (exact) mass is 367 g/mol. The van der Waals surface area contributed by atoms with Crippen molar-refractivity contribution >= 4 is 34.0 Å². The van der Waals surface area contributed by atoms with Crippen LogP contribution in [0.15, 0.2) is 60.7 Å². The average Bonchev–Trinajstić information content (AvgIpc) is 3.08. The molecule has 2 N–H and O–H groups in total. The number of H-pyrrole nitrogens is 1. The molecule has 26 heavy (non-hydrogen) atoms. The summed E-state index contributed by atoms with van der Waals surface area (Å²) in [6.07, 6.45) is 0. The number of benzene rings is 3. The van der Waals surface area contributed by atoms with Gasteiger partial charge in [-0.3, -0.25) is 5.10 Å². The predicted molar refractivity (Wildman–Crippen MR) is 103 cm³/mol. The number of aromatic amines is 1. The highest BCUT2D eigenvalue weighted by Crippen LogP contribution is 2.37. The van der Waals surface area contributed by atoms with Crippen LogP contribution in [0.4, 0.5) is 15.9 Å². The van der Waals surface area contributed by atoms with E-state index in [4.69, 9.17) is 16.3 Å². The van der Waals surface area contributed by atoms with Gasteiger partial charge in [0.05, 0.1) is 12.1 Å². The fraction of sp³-hybridized carbons (Fsp3) is 0.0500. The fourth-order valence-corrected chi connectivity index (χ4v) is 3.09. The maximum Gasteiger partial charge on any atom is 0.168 e. The largest absolute Gasteiger partial charge is 0.497 e. The maximum absolute atomic E-state index is 14.7. The van der Waals surface area contributed by atoms with Gasteiger partial charge in [0.15, 0.2) is 11.6 Å². The molecule has 0 atom stereocenters. The predicted octanol–water partition coefficient (Wildman–Crippen LogP) is 5.77. The van der Waals surface area contributed by atoms with E-state index in [0.29, 0.717) is 16.8 Å². The standard InChI is InChI=1S/C20H15ClFN3O/c1-26-14-9-7-13(8-10-14)23-20-16-11-15(12-5-3-2-4-6-12)17(21)18(22)19(16)24-25-20/h2-11H,1H3,(H2,23,24,25). The second-order valence-electron chi connectivity index (χ2n) is 5.77. The molecule has 1 heterocycles. The minimum atomic E-state index is -0.515. The lowest BCUT2D eigenvalue weighted by atomic mass is 10.0. The number of halogens is 2. The van der Waals surface area contributed by atoms with Crippen molar-refractivity contribution in [1.82, 2.24) is 10.2 Å². The molecule has 0 amide bonds. The van der Waals surface area contributed by atoms with Gasteiger partial charge in [-0.05, 0) is 35.9 Å². The zero-order valence-electron chi connectivity index (χ0n) is 13.9. The molecule has 0 radical (unpaired) electrons. The first-order valence-electron chi connectivity index (χ1n) is 8.00. The Balaban J connectivity index is 1.80. The molecule has 0 bridgehead atoms. The van der Waals surface area contributed by atoms with E-state index in [9.17, 15) is 4.39 Å². The van der Waals surface area contributed by atoms with Crippen LogP contribution in [-0.2, 0) is 0 Å². The van der Waals surface area contributed by atoms with Crippen LogP contribution < -0.4 is 10.1 Å². The molecule has 4 rings (SSSR count). The Morgan fingerprint density at radius 2 is 1.81 bits per heavy atom. The molecule has 130 valence electrons. The summed E-state index contributed by atoms with van der Waals surface area (Å²) in [5.74, 6) is 0.767. The van der Waals surface area contributed by atoms with Crippen molar-refractivity contribution in [2.75, 3.05) is 12.4 Å². The van der Waals surface area contributed by atoms with Crippen molar-refractivity contribution in [1.29, 1.82) is 0 Å². The molecule has 0 saturated carbocycles. The molecular formula is C20H15ClFN3O. The number of ether oxygens (including phenoxy) is 1. The lowest BCUT2D eigenvalue weighted by molar-refractivity contribution is 0.415. The van der Waals surface area contributed by atoms with E-state index in [1.54, 1.807) is 7.11 Å². The van der Waals surface area contributed by atoms with E-state index in [0.717, 1.165) is 17.0 Å². The molecule has 0 aliphatic heterocycles. The highest BCUT2D eigenvalue weighted by molar-refractivity contribution is 6.34. The van der Waals surface area contributed by atoms with E-state index >= 15 is 0 Å². The van der Waals surface area contributed by atoms with Crippen molar-refractivity contribution in [3.05, 3.63) is 71.5 Å². The fourth-order valence-electron chi connectivity index (χ4n) is 2.83. The summed E-state index contributed by atoms with van der Waals surface area (Å²) in [4.78, 5) is 0. The minimum absolute atomic E-state index is 0.0725. The summed E-state index contributed by atoms with van der Waals surface area (Å²) in [5.41, 5.74) is 2.55. The van der Waals surface area contributed by atoms with Gasteiger partial charge < -0.3 is 10.1 Å². The van der Waals surface area contributed by atoms with Crippen molar-refractivity contribution in [2.45, 2.75) is 0 Å². The lowest BCUT2D eigenvalue weighted by Crippen LogP contribution is -1.92. The molecule has 0 unspecified atom stereocenters. The topological polar surface area (TPSA) is 49.9 Å². The van der Waals surface area contributed by atoms with Crippen molar-refractivity contribution in [2.24, 2.45) is 0 Å². The number of hydrogen-bond acceptors (Lipinski definition) is 3. The molecule has 0 aliphatic carbocycles. The van der Waals surface area contributed by atoms with Crippen LogP contribution in [-0.4, -0.2) is 17.3 Å². The number of nitrogens with one attached hydrogen (secondary N) is 2. The number of nitrogens with zero attached hydrogens (tertiary/aromatic N) is 1. The van der Waals surface area contributed by atoms with Crippen molar-refractivity contribution in [3.8, 4) is 16.9 Å². The zero-order chi connectivity index (χ0) is 18.1. The normalized spacial score (nSPS) is 10.9. The lowest BCUT2D eigenvalue weighted by Gasteiger charge is -2.08. The third-order valence-corrected chi connectivity index (χ3v) is 4.55. The summed E-state index contributed by atoms with van der Waals surface area (Å²) in [7, 11) is 1.61. The van der Waals surface area contributed by atoms with E-state index in [1.165, 1.54) is 0 Å². The number of hydrogen-bond donors (Lipinski definition) is 2. The van der Waals surface area contributed by atoms with Gasteiger partial charge >= 0.3 is 0 Å². The average molecular weight is 368 g/mol. The van der Waals surface area contributed by atoms with Gasteiger partial charge in [-0.25, -0.2) is 4.39 Å². The highest BCUT2D eigenvalue weighted by atomic mass is 35.5. The van der Waals surface area contributed by atoms with Crippen molar-refractivity contribution < 1.29 is 9.13 Å². The van der Waals surface area contributed by atoms with Gasteiger partial charge in [0.2, 0.25) is 0 Å². The summed E-state index contributed by atoms with van der Waals surface area (Å²) >= 11 is 6.25. The molecular weight excluding hydrogens is 353 g/mol. The first-order chi connectivity index (χ1) is 12.7. The highest BCUT2D eigenvalue weighted by Gasteiger charge is 2.18. The molecule has 3 aromatic carbocycles. The first kappa shape index (κ1) is 16.4. The smallest absolute Gasteiger partial charge is 0.168 e. The maximum atomic E-state index is 14.7. The molecule has 0 saturated heterocycles. The molecule has 0 spiro atoms. The van der Waals surface area contributed by atoms with Crippen LogP contribution in [0.3, 0.4) is 0 Å². The van der Waals surface area contributed by atoms with Gasteiger partial charge in [0.1, 0.15) is 11.3 Å². The second kappa shape index (κ2) is 6.69. The molecule has 4 aromatic rings. The van der Waals surface area contributed by atoms with Crippen LogP contribution in [0.25, 0.3) is 22.0 Å². The van der Waals surface area contributed by atoms with Gasteiger partial charge in [0.25, 0.3) is 0 Å². The Hall–Kier alpha value is -3.05. The molecule has 6 heteroatoms. The summed E-state index contributed by atoms with van der Waals surface area (Å²) in [6.45, 7) is 0. The Bertz CT molecular complexity index is 1060. The van der Waals surface area contributed by atoms with E-state index in [2.05, 4.69) is 15.5 Å². The SMILES string of the molecule is COc1ccc(Nc2n[nH]c3c(F)c(Cl)c(-c4ccccc4)cc23)cc1. The second-order valence-corrected chi connectivity index (χ2v) is 6.14. The van der Waals surface area contributed by atoms with Gasteiger partial charge in [-0.1, -0.05) is 41.9 Å². The quantitative estimate of drug-likeness (QED) is 0.481. The number of methoxy groups -OCH3 is 1. The molecule has 0 fully saturated rings. The summed E-state index contributed by atoms with van der Waals surface area (Å²) in [5, 5.41) is 10.8. The third-order valence-electron chi connectivity index (χ3n) is 4.18. The summed E-state index contributed by atoms with van der Waals surface area (Å²) < 4.78 is 19.9. The Morgan fingerprint density at radius 3 is 2.50 bits per heavy atom. The Labute approximate surface area is 154 Å². The first-order valence-corrected chi connectivity index (χ1v) is 8.37. The minimum Gasteiger partial charge on any atom is -0.497 e. The number of fused-ring (bicyclic) bond motifs is 1. The number of aromatic nitrogens is 2. The van der Waals surface area contributed by atoms with E-state index in [1.807, 2.05) is 60.7 Å². The number of rotatable bonds is 4. The molecule has 1 aromatic heterocycles. The van der Waals surface area contributed by atoms with Gasteiger partial charge in [0, 0.05) is 16.6 Å². The van der Waals surface area contributed by atoms with Gasteiger partial charge in [-0.15, -0.1) is 0 Å². The van der Waals surface area contributed by atoms with Gasteiger partial charge in [-0.2, -0.15) is 5.10 Å². The van der Waals surface area contributed by atoms with Crippen LogP contribution >= 0.6 is 11.6 Å². The van der Waals surface area contributed by atoms with Crippen LogP contribution in [0.5, 0.6) is 5.75 Å². The Kier molecular flexibility index (Phi) is 4.22. The van der Waals surface area contributed by atoms with Crippen LogP contribution in [0, 0.1) is 5.82 Å². The Morgan fingerprint density at radius 1 is 1.08 bits per heavy atom. The van der Waals surface area contributed by atoms with E-state index in [-0.39, 0.29) is 10.5 Å². The van der Waals surface area contributed by atoms with Crippen LogP contribution in [0.2, 0.25) is 5.02 Å². The zero-order valence-corrected chi connectivity index (χ0v) is 14.6. The van der Waals surface area contributed by atoms with E-state index < -0.39 is 5.82 Å². The third kappa shape index (κ3) is 2.86. The number of anilines is 2.